The van der Waals surface area contributed by atoms with Crippen LogP contribution in [-0.2, 0) is 55.8 Å². The first-order valence-electron chi connectivity index (χ1n) is 42.6. The van der Waals surface area contributed by atoms with E-state index in [1.54, 1.807) is 91.5 Å². The SMILES string of the molecule is CO.COC(=O)c1ccc(C2(C(=O)Nc3ccc(F)cc3)CCC2)cn1.NC1CCCCC1.Nc1ccc(F)cc1.O=C(NC1CCCCC1)c1ccc(C2(C(=O)Nc3ccc(F)cc3)CCC2)cn1.O=C(Nc1ccc(F)cc1)C1(c2ccc(Cl)nc2)CCC1.O=C(O)C1(c2ccc(Cl)nc2)CCC1.O=C(O)c1ccc(C2(C(=O)Nc3ccc(F)cc3)CCC2)cn1.[Li+].[OH-]. The number of carbonyl (C=O) groups excluding carboxylic acids is 6. The zero-order chi connectivity index (χ0) is 92.0. The van der Waals surface area contributed by atoms with Crippen molar-refractivity contribution < 1.29 is 105 Å². The molecule has 25 nitrogen and oxygen atoms in total. The average molecular weight is 1820 g/mol. The van der Waals surface area contributed by atoms with Crippen LogP contribution >= 0.6 is 23.2 Å². The summed E-state index contributed by atoms with van der Waals surface area (Å²) >= 11 is 11.4. The molecule has 5 amide bonds. The first-order chi connectivity index (χ1) is 61.6. The molecule has 7 fully saturated rings. The van der Waals surface area contributed by atoms with Gasteiger partial charge in [-0.25, -0.2) is 51.5 Å². The Labute approximate surface area is 773 Å². The number of pyridine rings is 5. The topological polar surface area (TPSA) is 413 Å². The van der Waals surface area contributed by atoms with E-state index in [1.807, 2.05) is 12.1 Å². The fraction of sp³-hybridized carbons (Fsp3) is 0.351. The summed E-state index contributed by atoms with van der Waals surface area (Å²) in [5.74, 6) is -4.68. The van der Waals surface area contributed by atoms with Gasteiger partial charge >= 0.3 is 36.8 Å². The normalized spacial score (nSPS) is 16.3. The van der Waals surface area contributed by atoms with E-state index in [1.165, 1.54) is 155 Å². The van der Waals surface area contributed by atoms with Gasteiger partial charge in [-0.3, -0.25) is 33.8 Å². The Hall–Kier alpha value is -11.9. The summed E-state index contributed by atoms with van der Waals surface area (Å²) in [6.07, 6.45) is 32.1. The number of aromatic carboxylic acids is 1. The summed E-state index contributed by atoms with van der Waals surface area (Å²) in [6.45, 7) is 0. The second-order valence-electron chi connectivity index (χ2n) is 32.4. The zero-order valence-corrected chi connectivity index (χ0v) is 74.1. The number of carbonyl (C=O) groups is 8. The second kappa shape index (κ2) is 49.2. The maximum atomic E-state index is 13.1. The molecule has 13 N–H and O–H groups in total. The van der Waals surface area contributed by atoms with Crippen LogP contribution in [0, 0.1) is 29.1 Å². The summed E-state index contributed by atoms with van der Waals surface area (Å²) in [4.78, 5) is 117. The van der Waals surface area contributed by atoms with Crippen LogP contribution in [-0.4, -0.2) is 119 Å². The molecule has 682 valence electrons. The standard InChI is InChI=1S/C23H26FN3O2.C18H17FN2O3.C17H15FN2O3.C16H14ClFN2O.C10H10ClNO2.C6H6FN.C6H13N.CH4O.Li.H2O/c24-17-8-10-19(11-9-17)27-22(29)23(13-4-14-23)16-7-12-20(25-15-16)21(28)26-18-5-2-1-3-6-18;1-24-16(22)15-8-3-12(11-20-15)18(9-2-10-18)17(23)21-14-6-4-13(19)5-7-14;18-12-3-5-13(6-4-12)20-16(23)17(8-1-9-17)11-2-7-14(15(21)22)19-10-11;17-14-7-2-11(10-19-14)16(8-1-9-16)15(21)20-13-5-3-12(18)4-6-13;11-8-3-2-7(6-12-8)10(9(13)14)4-1-5-10;7-5-1-3-6(8)4-2-5;7-6-4-2-1-3-5-6;1-2;;/h7-12,15,18H,1-6,13-14H2,(H,26,28)(H,27,29);3-8,11H,2,9-10H2,1H3,(H,21,23);2-7,10H,1,8-9H2,(H,20,23)(H,21,22);2-7,10H,1,8-9H2,(H,20,21);2-3,6H,1,4-5H2,(H,13,14);1-4H,8H2;6H,1-5,7H2;2H,1H3;;1H2/q;;;;;;;;+1;/p-1. The van der Waals surface area contributed by atoms with Crippen LogP contribution in [0.25, 0.3) is 0 Å². The molecule has 5 aromatic heterocycles. The number of halogens is 7. The van der Waals surface area contributed by atoms with E-state index in [0.29, 0.717) is 94.6 Å². The molecule has 10 aromatic rings. The molecular formula is C97H106Cl2F5LiN12O13. The van der Waals surface area contributed by atoms with Gasteiger partial charge in [0.2, 0.25) is 23.6 Å². The van der Waals surface area contributed by atoms with E-state index < -0.39 is 45.0 Å². The third-order valence-electron chi connectivity index (χ3n) is 24.4. The van der Waals surface area contributed by atoms with Crippen molar-refractivity contribution in [2.24, 2.45) is 5.73 Å². The maximum absolute atomic E-state index is 13.1. The number of esters is 1. The van der Waals surface area contributed by atoms with Gasteiger partial charge in [-0.15, -0.1) is 0 Å². The number of methoxy groups -OCH3 is 1. The van der Waals surface area contributed by atoms with Gasteiger partial charge in [0.1, 0.15) is 56.5 Å². The van der Waals surface area contributed by atoms with Crippen LogP contribution in [0.15, 0.2) is 213 Å². The fourth-order valence-electron chi connectivity index (χ4n) is 15.9. The van der Waals surface area contributed by atoms with Crippen LogP contribution in [0.4, 0.5) is 50.4 Å². The molecule has 33 heteroatoms. The van der Waals surface area contributed by atoms with Crippen LogP contribution in [0.2, 0.25) is 10.3 Å². The van der Waals surface area contributed by atoms with E-state index in [2.05, 4.69) is 56.2 Å². The molecule has 0 aliphatic heterocycles. The smallest absolute Gasteiger partial charge is 0.870 e. The van der Waals surface area contributed by atoms with Crippen LogP contribution < -0.4 is 56.9 Å². The number of hydrogen-bond acceptors (Lipinski definition) is 18. The van der Waals surface area contributed by atoms with Crippen molar-refractivity contribution in [2.45, 2.75) is 200 Å². The van der Waals surface area contributed by atoms with Crippen molar-refractivity contribution in [3.63, 3.8) is 0 Å². The van der Waals surface area contributed by atoms with Crippen molar-refractivity contribution in [3.05, 3.63) is 297 Å². The van der Waals surface area contributed by atoms with Crippen LogP contribution in [0.1, 0.15) is 220 Å². The monoisotopic (exact) mass is 1820 g/mol. The van der Waals surface area contributed by atoms with Gasteiger partial charge in [0.05, 0.1) is 34.2 Å². The quantitative estimate of drug-likeness (QED) is 0.0125. The van der Waals surface area contributed by atoms with Crippen LogP contribution in [0.5, 0.6) is 0 Å². The van der Waals surface area contributed by atoms with Crippen molar-refractivity contribution >= 4 is 99.1 Å². The Morgan fingerprint density at radius 2 is 0.638 bits per heavy atom. The molecule has 0 spiro atoms. The van der Waals surface area contributed by atoms with E-state index in [0.717, 1.165) is 113 Å². The minimum Gasteiger partial charge on any atom is -0.870 e. The van der Waals surface area contributed by atoms with Crippen molar-refractivity contribution in [2.75, 3.05) is 41.2 Å². The zero-order valence-electron chi connectivity index (χ0n) is 72.5. The van der Waals surface area contributed by atoms with Gasteiger partial charge in [0.25, 0.3) is 5.91 Å². The first-order valence-corrected chi connectivity index (χ1v) is 43.3. The first kappa shape index (κ1) is 103. The molecule has 0 atom stereocenters. The predicted octanol–water partition coefficient (Wildman–Crippen LogP) is 15.7. The summed E-state index contributed by atoms with van der Waals surface area (Å²) in [5.41, 5.74) is 14.9. The third kappa shape index (κ3) is 27.1. The minimum absolute atomic E-state index is 0. The molecule has 7 aliphatic carbocycles. The van der Waals surface area contributed by atoms with E-state index in [-0.39, 0.29) is 100 Å². The summed E-state index contributed by atoms with van der Waals surface area (Å²) in [7, 11) is 2.29. The number of aliphatic hydroxyl groups is 1. The molecular weight excluding hydrogens is 1710 g/mol. The fourth-order valence-corrected chi connectivity index (χ4v) is 16.2. The van der Waals surface area contributed by atoms with Crippen molar-refractivity contribution in [1.29, 1.82) is 0 Å². The number of hydrogen-bond donors (Lipinski definition) is 10. The molecule has 5 aromatic carbocycles. The number of nitrogen functional groups attached to an aromatic ring is 1. The Bertz CT molecular complexity index is 5310. The number of aliphatic carboxylic acids is 1. The number of ether oxygens (including phenoxy) is 1. The Morgan fingerprint density at radius 1 is 0.369 bits per heavy atom. The van der Waals surface area contributed by atoms with Crippen molar-refractivity contribution in [3.8, 4) is 0 Å². The van der Waals surface area contributed by atoms with Crippen molar-refractivity contribution in [1.82, 2.24) is 30.2 Å². The largest absolute Gasteiger partial charge is 1.00 e. The number of nitrogens with zero attached hydrogens (tertiary/aromatic N) is 5. The number of rotatable bonds is 18. The van der Waals surface area contributed by atoms with Gasteiger partial charge in [-0.2, -0.15) is 0 Å². The number of benzene rings is 5. The molecule has 0 saturated heterocycles. The van der Waals surface area contributed by atoms with E-state index in [9.17, 15) is 60.3 Å². The molecule has 17 rings (SSSR count). The minimum atomic E-state index is -1.10. The summed E-state index contributed by atoms with van der Waals surface area (Å²) < 4.78 is 68.6. The number of aromatic nitrogens is 5. The molecule has 5 heterocycles. The third-order valence-corrected chi connectivity index (χ3v) is 24.9. The van der Waals surface area contributed by atoms with Gasteiger partial charge in [0, 0.05) is 78.6 Å². The maximum Gasteiger partial charge on any atom is 1.00 e. The number of carboxylic acids is 2. The van der Waals surface area contributed by atoms with E-state index in [4.69, 9.17) is 50.0 Å². The van der Waals surface area contributed by atoms with Gasteiger partial charge in [-0.05, 0) is 269 Å². The average Bonchev–Trinajstić information content (AvgIpc) is 0.781. The summed E-state index contributed by atoms with van der Waals surface area (Å²) in [6, 6.07) is 46.0. The van der Waals surface area contributed by atoms with Gasteiger partial charge in [0.15, 0.2) is 0 Å². The molecule has 7 aliphatic rings. The number of nitrogens with one attached hydrogen (secondary N) is 5. The molecule has 0 unspecified atom stereocenters. The number of anilines is 5. The molecule has 0 bridgehead atoms. The number of carboxylic acid groups (broad SMARTS) is 2. The van der Waals surface area contributed by atoms with Gasteiger partial charge in [-0.1, -0.05) is 124 Å². The van der Waals surface area contributed by atoms with Gasteiger partial charge < -0.3 is 63.6 Å². The number of amides is 5. The summed E-state index contributed by atoms with van der Waals surface area (Å²) in [5, 5.41) is 40.3. The van der Waals surface area contributed by atoms with Crippen LogP contribution in [0.3, 0.4) is 0 Å². The number of aliphatic hydroxyl groups excluding tert-OH is 1. The Morgan fingerprint density at radius 3 is 0.869 bits per heavy atom. The molecule has 0 radical (unpaired) electrons. The van der Waals surface area contributed by atoms with E-state index >= 15 is 0 Å². The molecule has 130 heavy (non-hydrogen) atoms. The Kier molecular flexibility index (Phi) is 39.2. The predicted molar refractivity (Wildman–Crippen MR) is 481 cm³/mol. The second-order valence-corrected chi connectivity index (χ2v) is 33.2. The number of nitrogens with two attached hydrogens (primary N) is 2. The molecule has 7 saturated carbocycles. The Balaban J connectivity index is 0.000000193.